The SMILES string of the molecule is COc1ccc(NS(=O)(=O)c2cccc(-c3n[nH]c(-c4ccccc4)n3)c2)cc1. The quantitative estimate of drug-likeness (QED) is 0.505. The van der Waals surface area contributed by atoms with Gasteiger partial charge in [-0.15, -0.1) is 0 Å². The third-order valence-corrected chi connectivity index (χ3v) is 5.66. The molecule has 0 aliphatic carbocycles. The van der Waals surface area contributed by atoms with E-state index in [2.05, 4.69) is 19.9 Å². The maximum absolute atomic E-state index is 12.8. The van der Waals surface area contributed by atoms with Crippen molar-refractivity contribution in [2.24, 2.45) is 0 Å². The van der Waals surface area contributed by atoms with E-state index in [0.717, 1.165) is 5.56 Å². The van der Waals surface area contributed by atoms with Crippen molar-refractivity contribution in [1.29, 1.82) is 0 Å². The summed E-state index contributed by atoms with van der Waals surface area (Å²) in [4.78, 5) is 4.60. The van der Waals surface area contributed by atoms with Crippen LogP contribution in [0.25, 0.3) is 22.8 Å². The molecule has 29 heavy (non-hydrogen) atoms. The summed E-state index contributed by atoms with van der Waals surface area (Å²) < 4.78 is 33.2. The number of hydrogen-bond acceptors (Lipinski definition) is 5. The van der Waals surface area contributed by atoms with Crippen LogP contribution in [0.3, 0.4) is 0 Å². The first kappa shape index (κ1) is 18.7. The summed E-state index contributed by atoms with van der Waals surface area (Å²) >= 11 is 0. The Balaban J connectivity index is 1.60. The highest BCUT2D eigenvalue weighted by Crippen LogP contribution is 2.24. The minimum atomic E-state index is -3.77. The molecular weight excluding hydrogens is 388 g/mol. The number of aromatic nitrogens is 3. The molecule has 0 fully saturated rings. The van der Waals surface area contributed by atoms with E-state index >= 15 is 0 Å². The summed E-state index contributed by atoms with van der Waals surface area (Å²) in [6, 6.07) is 22.7. The van der Waals surface area contributed by atoms with Gasteiger partial charge >= 0.3 is 0 Å². The lowest BCUT2D eigenvalue weighted by atomic mass is 10.2. The first-order valence-corrected chi connectivity index (χ1v) is 10.3. The number of sulfonamides is 1. The first-order chi connectivity index (χ1) is 14.0. The highest BCUT2D eigenvalue weighted by Gasteiger charge is 2.16. The zero-order valence-corrected chi connectivity index (χ0v) is 16.3. The molecule has 1 heterocycles. The summed E-state index contributed by atoms with van der Waals surface area (Å²) in [7, 11) is -2.21. The van der Waals surface area contributed by atoms with Crippen LogP contribution in [0, 0.1) is 0 Å². The molecule has 0 saturated carbocycles. The number of aromatic amines is 1. The van der Waals surface area contributed by atoms with Gasteiger partial charge in [-0.25, -0.2) is 13.4 Å². The Morgan fingerprint density at radius 3 is 2.34 bits per heavy atom. The fraction of sp³-hybridized carbons (Fsp3) is 0.0476. The van der Waals surface area contributed by atoms with Crippen molar-refractivity contribution in [3.8, 4) is 28.5 Å². The Kier molecular flexibility index (Phi) is 5.01. The lowest BCUT2D eigenvalue weighted by Crippen LogP contribution is -2.13. The molecule has 7 nitrogen and oxygen atoms in total. The number of nitrogens with one attached hydrogen (secondary N) is 2. The molecule has 0 bridgehead atoms. The van der Waals surface area contributed by atoms with Gasteiger partial charge < -0.3 is 4.74 Å². The Bertz CT molecular complexity index is 1220. The summed E-state index contributed by atoms with van der Waals surface area (Å²) in [5, 5.41) is 7.12. The predicted octanol–water partition coefficient (Wildman–Crippen LogP) is 3.95. The number of rotatable bonds is 6. The molecule has 0 aliphatic heterocycles. The zero-order valence-electron chi connectivity index (χ0n) is 15.5. The van der Waals surface area contributed by atoms with Crippen molar-refractivity contribution in [1.82, 2.24) is 15.2 Å². The third-order valence-electron chi connectivity index (χ3n) is 4.28. The van der Waals surface area contributed by atoms with E-state index in [1.807, 2.05) is 30.3 Å². The minimum Gasteiger partial charge on any atom is -0.497 e. The van der Waals surface area contributed by atoms with Crippen LogP contribution < -0.4 is 9.46 Å². The largest absolute Gasteiger partial charge is 0.497 e. The predicted molar refractivity (Wildman–Crippen MR) is 111 cm³/mol. The molecule has 4 rings (SSSR count). The molecule has 146 valence electrons. The van der Waals surface area contributed by atoms with E-state index in [0.29, 0.717) is 28.6 Å². The van der Waals surface area contributed by atoms with Gasteiger partial charge in [0.1, 0.15) is 5.75 Å². The van der Waals surface area contributed by atoms with E-state index in [-0.39, 0.29) is 4.90 Å². The van der Waals surface area contributed by atoms with Crippen molar-refractivity contribution < 1.29 is 13.2 Å². The van der Waals surface area contributed by atoms with Gasteiger partial charge in [0.25, 0.3) is 10.0 Å². The number of hydrogen-bond donors (Lipinski definition) is 2. The molecule has 0 radical (unpaired) electrons. The normalized spacial score (nSPS) is 11.2. The van der Waals surface area contributed by atoms with Gasteiger partial charge in [0.15, 0.2) is 11.6 Å². The summed E-state index contributed by atoms with van der Waals surface area (Å²) in [5.74, 6) is 1.68. The Labute approximate surface area is 168 Å². The second kappa shape index (κ2) is 7.76. The molecule has 0 spiro atoms. The van der Waals surface area contributed by atoms with E-state index in [9.17, 15) is 8.42 Å². The molecule has 0 atom stereocenters. The van der Waals surface area contributed by atoms with E-state index in [4.69, 9.17) is 4.74 Å². The topological polar surface area (TPSA) is 97.0 Å². The van der Waals surface area contributed by atoms with Crippen LogP contribution >= 0.6 is 0 Å². The van der Waals surface area contributed by atoms with Gasteiger partial charge in [-0.1, -0.05) is 42.5 Å². The monoisotopic (exact) mass is 406 g/mol. The molecule has 3 aromatic carbocycles. The van der Waals surface area contributed by atoms with Crippen LogP contribution in [0.15, 0.2) is 83.8 Å². The van der Waals surface area contributed by atoms with Crippen molar-refractivity contribution >= 4 is 15.7 Å². The van der Waals surface area contributed by atoms with Crippen molar-refractivity contribution in [3.05, 3.63) is 78.9 Å². The Morgan fingerprint density at radius 2 is 1.62 bits per heavy atom. The third kappa shape index (κ3) is 4.12. The molecule has 8 heteroatoms. The maximum Gasteiger partial charge on any atom is 0.261 e. The smallest absolute Gasteiger partial charge is 0.261 e. The highest BCUT2D eigenvalue weighted by atomic mass is 32.2. The van der Waals surface area contributed by atoms with Crippen LogP contribution in [-0.2, 0) is 10.0 Å². The molecule has 1 aromatic heterocycles. The van der Waals surface area contributed by atoms with Crippen LogP contribution in [0.2, 0.25) is 0 Å². The van der Waals surface area contributed by atoms with Crippen molar-refractivity contribution in [2.45, 2.75) is 4.90 Å². The molecular formula is C21H18N4O3S. The Morgan fingerprint density at radius 1 is 0.897 bits per heavy atom. The van der Waals surface area contributed by atoms with Crippen LogP contribution in [0.1, 0.15) is 0 Å². The standard InChI is InChI=1S/C21H18N4O3S/c1-28-18-12-10-17(11-13-18)25-29(26,27)19-9-5-8-16(14-19)21-22-20(23-24-21)15-6-3-2-4-7-15/h2-14,25H,1H3,(H,22,23,24). The molecule has 0 aliphatic rings. The first-order valence-electron chi connectivity index (χ1n) is 8.80. The number of nitrogens with zero attached hydrogens (tertiary/aromatic N) is 2. The van der Waals surface area contributed by atoms with Gasteiger partial charge in [0.05, 0.1) is 12.0 Å². The average Bonchev–Trinajstić information content (AvgIpc) is 3.25. The number of anilines is 1. The second-order valence-corrected chi connectivity index (χ2v) is 7.92. The lowest BCUT2D eigenvalue weighted by Gasteiger charge is -2.09. The van der Waals surface area contributed by atoms with Crippen LogP contribution in [-0.4, -0.2) is 30.7 Å². The summed E-state index contributed by atoms with van der Waals surface area (Å²) in [5.41, 5.74) is 1.94. The zero-order chi connectivity index (χ0) is 20.3. The number of benzene rings is 3. The van der Waals surface area contributed by atoms with Crippen LogP contribution in [0.4, 0.5) is 5.69 Å². The molecule has 0 saturated heterocycles. The van der Waals surface area contributed by atoms with E-state index in [1.54, 1.807) is 49.6 Å². The maximum atomic E-state index is 12.8. The molecule has 2 N–H and O–H groups in total. The number of methoxy groups -OCH3 is 1. The highest BCUT2D eigenvalue weighted by molar-refractivity contribution is 7.92. The van der Waals surface area contributed by atoms with Crippen molar-refractivity contribution in [2.75, 3.05) is 11.8 Å². The number of ether oxygens (including phenoxy) is 1. The second-order valence-electron chi connectivity index (χ2n) is 6.24. The van der Waals surface area contributed by atoms with Gasteiger partial charge in [0, 0.05) is 16.8 Å². The fourth-order valence-corrected chi connectivity index (χ4v) is 3.90. The lowest BCUT2D eigenvalue weighted by molar-refractivity contribution is 0.415. The summed E-state index contributed by atoms with van der Waals surface area (Å²) in [6.07, 6.45) is 0. The average molecular weight is 406 g/mol. The molecule has 0 unspecified atom stereocenters. The van der Waals surface area contributed by atoms with E-state index < -0.39 is 10.0 Å². The minimum absolute atomic E-state index is 0.122. The Hall–Kier alpha value is -3.65. The van der Waals surface area contributed by atoms with Gasteiger partial charge in [-0.2, -0.15) is 5.10 Å². The van der Waals surface area contributed by atoms with Gasteiger partial charge in [-0.3, -0.25) is 9.82 Å². The fourth-order valence-electron chi connectivity index (χ4n) is 2.79. The van der Waals surface area contributed by atoms with E-state index in [1.165, 1.54) is 6.07 Å². The summed E-state index contributed by atoms with van der Waals surface area (Å²) in [6.45, 7) is 0. The number of H-pyrrole nitrogens is 1. The van der Waals surface area contributed by atoms with Gasteiger partial charge in [-0.05, 0) is 36.4 Å². The van der Waals surface area contributed by atoms with Crippen LogP contribution in [0.5, 0.6) is 5.75 Å². The van der Waals surface area contributed by atoms with Gasteiger partial charge in [0.2, 0.25) is 0 Å². The molecule has 4 aromatic rings. The molecule has 0 amide bonds. The van der Waals surface area contributed by atoms with Crippen molar-refractivity contribution in [3.63, 3.8) is 0 Å².